The van der Waals surface area contributed by atoms with Gasteiger partial charge >= 0.3 is 39.5 Å². The highest BCUT2D eigenvalue weighted by molar-refractivity contribution is 7.47. The summed E-state index contributed by atoms with van der Waals surface area (Å²) in [5.41, 5.74) is 0. The Labute approximate surface area is 537 Å². The van der Waals surface area contributed by atoms with Gasteiger partial charge in [0, 0.05) is 25.7 Å². The fourth-order valence-electron chi connectivity index (χ4n) is 10.4. The number of aliphatic hydroxyl groups excluding tert-OH is 1. The minimum Gasteiger partial charge on any atom is -0.462 e. The van der Waals surface area contributed by atoms with E-state index >= 15 is 0 Å². The van der Waals surface area contributed by atoms with Gasteiger partial charge in [0.2, 0.25) is 0 Å². The molecule has 0 fully saturated rings. The quantitative estimate of drug-likeness (QED) is 0.0222. The van der Waals surface area contributed by atoms with Crippen LogP contribution in [0.4, 0.5) is 0 Å². The van der Waals surface area contributed by atoms with E-state index in [0.29, 0.717) is 25.7 Å². The average molecular weight is 1300 g/mol. The molecular weight excluding hydrogens is 1160 g/mol. The molecule has 0 aliphatic heterocycles. The topological polar surface area (TPSA) is 237 Å². The first kappa shape index (κ1) is 86.1. The van der Waals surface area contributed by atoms with Crippen LogP contribution in [0.15, 0.2) is 0 Å². The molecule has 2 unspecified atom stereocenters. The van der Waals surface area contributed by atoms with Crippen molar-refractivity contribution < 1.29 is 80.2 Å². The van der Waals surface area contributed by atoms with Crippen molar-refractivity contribution in [3.8, 4) is 0 Å². The molecular formula is C69H134O17P2. The van der Waals surface area contributed by atoms with Crippen molar-refractivity contribution in [2.45, 2.75) is 362 Å². The molecule has 0 saturated heterocycles. The van der Waals surface area contributed by atoms with Crippen molar-refractivity contribution in [2.75, 3.05) is 39.6 Å². The van der Waals surface area contributed by atoms with Gasteiger partial charge < -0.3 is 33.8 Å². The first-order chi connectivity index (χ1) is 42.2. The molecule has 3 N–H and O–H groups in total. The van der Waals surface area contributed by atoms with E-state index < -0.39 is 97.5 Å². The minimum atomic E-state index is -4.95. The van der Waals surface area contributed by atoms with Gasteiger partial charge in [-0.1, -0.05) is 292 Å². The van der Waals surface area contributed by atoms with Gasteiger partial charge in [0.05, 0.1) is 26.4 Å². The summed E-state index contributed by atoms with van der Waals surface area (Å²) >= 11 is 0. The van der Waals surface area contributed by atoms with Crippen molar-refractivity contribution in [2.24, 2.45) is 17.8 Å². The molecule has 0 amide bonds. The summed E-state index contributed by atoms with van der Waals surface area (Å²) < 4.78 is 68.2. The normalized spacial score (nSPS) is 14.2. The van der Waals surface area contributed by atoms with Gasteiger partial charge in [0.1, 0.15) is 19.3 Å². The monoisotopic (exact) mass is 1300 g/mol. The summed E-state index contributed by atoms with van der Waals surface area (Å²) in [6, 6.07) is 0. The van der Waals surface area contributed by atoms with Crippen LogP contribution in [0.2, 0.25) is 0 Å². The Morgan fingerprint density at radius 2 is 0.523 bits per heavy atom. The van der Waals surface area contributed by atoms with E-state index in [9.17, 15) is 43.2 Å². The van der Waals surface area contributed by atoms with Crippen molar-refractivity contribution in [1.29, 1.82) is 0 Å². The molecule has 0 aromatic rings. The third-order valence-corrected chi connectivity index (χ3v) is 17.8. The second kappa shape index (κ2) is 60.0. The third-order valence-electron chi connectivity index (χ3n) is 15.9. The van der Waals surface area contributed by atoms with Crippen LogP contribution in [0.5, 0.6) is 0 Å². The van der Waals surface area contributed by atoms with Crippen LogP contribution in [0.25, 0.3) is 0 Å². The molecule has 5 atom stereocenters. The van der Waals surface area contributed by atoms with Gasteiger partial charge in [-0.15, -0.1) is 0 Å². The molecule has 88 heavy (non-hydrogen) atoms. The molecule has 0 bridgehead atoms. The lowest BCUT2D eigenvalue weighted by Gasteiger charge is -2.21. The van der Waals surface area contributed by atoms with Crippen LogP contribution in [-0.2, 0) is 65.4 Å². The lowest BCUT2D eigenvalue weighted by molar-refractivity contribution is -0.161. The van der Waals surface area contributed by atoms with Crippen LogP contribution >= 0.6 is 15.6 Å². The first-order valence-corrected chi connectivity index (χ1v) is 38.8. The molecule has 17 nitrogen and oxygen atoms in total. The zero-order valence-electron chi connectivity index (χ0n) is 57.2. The molecule has 0 aromatic carbocycles. The Morgan fingerprint density at radius 1 is 0.307 bits per heavy atom. The number of rotatable bonds is 67. The molecule has 0 aromatic heterocycles. The molecule has 0 aliphatic carbocycles. The highest BCUT2D eigenvalue weighted by Crippen LogP contribution is 2.45. The van der Waals surface area contributed by atoms with Gasteiger partial charge in [0.15, 0.2) is 12.2 Å². The smallest absolute Gasteiger partial charge is 0.462 e. The van der Waals surface area contributed by atoms with Crippen LogP contribution in [0.1, 0.15) is 344 Å². The van der Waals surface area contributed by atoms with Crippen molar-refractivity contribution >= 4 is 39.5 Å². The van der Waals surface area contributed by atoms with Gasteiger partial charge in [-0.2, -0.15) is 0 Å². The zero-order valence-corrected chi connectivity index (χ0v) is 59.0. The van der Waals surface area contributed by atoms with Gasteiger partial charge in [-0.3, -0.25) is 37.3 Å². The van der Waals surface area contributed by atoms with Crippen LogP contribution < -0.4 is 0 Å². The van der Waals surface area contributed by atoms with Crippen LogP contribution in [0, 0.1) is 17.8 Å². The zero-order chi connectivity index (χ0) is 65.2. The number of hydrogen-bond donors (Lipinski definition) is 3. The molecule has 0 rings (SSSR count). The largest absolute Gasteiger partial charge is 0.472 e. The third kappa shape index (κ3) is 62.8. The number of carbonyl (C=O) groups excluding carboxylic acids is 4. The molecule has 19 heteroatoms. The number of carbonyl (C=O) groups is 4. The minimum absolute atomic E-state index is 0.105. The Balaban J connectivity index is 5.25. The molecule has 0 spiro atoms. The second-order valence-corrected chi connectivity index (χ2v) is 29.3. The summed E-state index contributed by atoms with van der Waals surface area (Å²) in [6.07, 6.45) is 43.0. The van der Waals surface area contributed by atoms with Crippen molar-refractivity contribution in [1.82, 2.24) is 0 Å². The number of esters is 4. The number of hydrogen-bond acceptors (Lipinski definition) is 15. The van der Waals surface area contributed by atoms with Gasteiger partial charge in [-0.25, -0.2) is 9.13 Å². The maximum Gasteiger partial charge on any atom is 0.472 e. The maximum absolute atomic E-state index is 13.0. The summed E-state index contributed by atoms with van der Waals surface area (Å²) in [5.74, 6) is 0.128. The Morgan fingerprint density at radius 3 is 0.773 bits per heavy atom. The number of unbranched alkanes of at least 4 members (excludes halogenated alkanes) is 35. The number of aliphatic hydroxyl groups is 1. The average Bonchev–Trinajstić information content (AvgIpc) is 3.56. The van der Waals surface area contributed by atoms with E-state index in [0.717, 1.165) is 108 Å². The Kier molecular flexibility index (Phi) is 58.7. The predicted molar refractivity (Wildman–Crippen MR) is 354 cm³/mol. The van der Waals surface area contributed by atoms with Crippen LogP contribution in [0.3, 0.4) is 0 Å². The van der Waals surface area contributed by atoms with Gasteiger partial charge in [0.25, 0.3) is 0 Å². The highest BCUT2D eigenvalue weighted by atomic mass is 31.2. The molecule has 0 saturated carbocycles. The Bertz CT molecular complexity index is 1730. The van der Waals surface area contributed by atoms with Crippen LogP contribution in [-0.4, -0.2) is 96.7 Å². The first-order valence-electron chi connectivity index (χ1n) is 35.8. The lowest BCUT2D eigenvalue weighted by atomic mass is 10.0. The summed E-state index contributed by atoms with van der Waals surface area (Å²) in [5, 5.41) is 10.6. The van der Waals surface area contributed by atoms with E-state index in [2.05, 4.69) is 48.5 Å². The maximum atomic E-state index is 13.0. The van der Waals surface area contributed by atoms with E-state index in [1.54, 1.807) is 0 Å². The van der Waals surface area contributed by atoms with E-state index in [4.69, 9.17) is 37.0 Å². The summed E-state index contributed by atoms with van der Waals surface area (Å²) in [7, 11) is -9.90. The molecule has 0 radical (unpaired) electrons. The standard InChI is InChI=1S/C69H134O17P2/c1-8-9-10-11-12-19-29-36-43-50-66(71)79-56-64(86-69(74)53-46-39-32-25-18-22-28-35-42-49-62(6)7)58-83-87(75,76)81-54-63(70)55-82-88(77,78)84-59-65(57-80-67(72)51-44-37-30-24-17-21-27-34-41-48-61(4)5)85-68(73)52-45-38-31-23-16-14-13-15-20-26-33-40-47-60(2)3/h60-65,70H,8-59H2,1-7H3,(H,75,76)(H,77,78)/t63-,64+,65+/m0/s1. The van der Waals surface area contributed by atoms with Crippen molar-refractivity contribution in [3.05, 3.63) is 0 Å². The molecule has 522 valence electrons. The predicted octanol–water partition coefficient (Wildman–Crippen LogP) is 19.5. The van der Waals surface area contributed by atoms with E-state index in [1.807, 2.05) is 0 Å². The van der Waals surface area contributed by atoms with Crippen molar-refractivity contribution in [3.63, 3.8) is 0 Å². The molecule has 0 heterocycles. The number of phosphoric acid groups is 2. The number of phosphoric ester groups is 2. The number of ether oxygens (including phenoxy) is 4. The van der Waals surface area contributed by atoms with E-state index in [-0.39, 0.29) is 25.7 Å². The SMILES string of the molecule is CCCCCCCCCCCC(=O)OC[C@H](COP(=O)(O)OC[C@H](O)COP(=O)(O)OC[C@@H](COC(=O)CCCCCCCCCCCC(C)C)OC(=O)CCCCCCCCCCCCCCC(C)C)OC(=O)CCCCCCCCCCCC(C)C. The highest BCUT2D eigenvalue weighted by Gasteiger charge is 2.30. The Hall–Kier alpha value is -1.94. The second-order valence-electron chi connectivity index (χ2n) is 26.3. The fraction of sp³-hybridized carbons (Fsp3) is 0.942. The van der Waals surface area contributed by atoms with E-state index in [1.165, 1.54) is 154 Å². The fourth-order valence-corrected chi connectivity index (χ4v) is 11.9. The lowest BCUT2D eigenvalue weighted by Crippen LogP contribution is -2.30. The summed E-state index contributed by atoms with van der Waals surface area (Å²) in [4.78, 5) is 72.4. The van der Waals surface area contributed by atoms with Gasteiger partial charge in [-0.05, 0) is 43.4 Å². The molecule has 0 aliphatic rings. The summed E-state index contributed by atoms with van der Waals surface area (Å²) in [6.45, 7) is 11.8.